The summed E-state index contributed by atoms with van der Waals surface area (Å²) in [4.78, 5) is 14.2. The summed E-state index contributed by atoms with van der Waals surface area (Å²) >= 11 is 0. The van der Waals surface area contributed by atoms with Crippen molar-refractivity contribution in [2.45, 2.75) is 25.8 Å². The fourth-order valence-corrected chi connectivity index (χ4v) is 3.33. The molecule has 2 aliphatic rings. The van der Waals surface area contributed by atoms with Gasteiger partial charge in [-0.25, -0.2) is 0 Å². The zero-order chi connectivity index (χ0) is 11.8. The highest BCUT2D eigenvalue weighted by molar-refractivity contribution is 5.84. The van der Waals surface area contributed by atoms with Gasteiger partial charge in [-0.2, -0.15) is 0 Å². The number of likely N-dealkylation sites (tertiary alicyclic amines) is 1. The second-order valence-corrected chi connectivity index (χ2v) is 5.41. The normalized spacial score (nSPS) is 30.5. The maximum absolute atomic E-state index is 11.7. The number of hydrogen-bond donors (Lipinski definition) is 0. The molecule has 2 fully saturated rings. The molecular weight excluding hydrogens is 210 g/mol. The summed E-state index contributed by atoms with van der Waals surface area (Å²) in [5, 5.41) is 0. The first-order valence-corrected chi connectivity index (χ1v) is 6.57. The Balaban J connectivity index is 1.73. The minimum atomic E-state index is 0.334. The molecule has 1 saturated carbocycles. The lowest BCUT2D eigenvalue weighted by molar-refractivity contribution is -0.120. The van der Waals surface area contributed by atoms with Crippen molar-refractivity contribution in [2.75, 3.05) is 13.1 Å². The largest absolute Gasteiger partial charge is 0.299 e. The van der Waals surface area contributed by atoms with Crippen LogP contribution in [0.1, 0.15) is 31.4 Å². The van der Waals surface area contributed by atoms with Gasteiger partial charge in [0.25, 0.3) is 0 Å². The van der Waals surface area contributed by atoms with E-state index in [1.54, 1.807) is 0 Å². The lowest BCUT2D eigenvalue weighted by Gasteiger charge is -2.25. The van der Waals surface area contributed by atoms with Crippen molar-refractivity contribution in [3.8, 4) is 0 Å². The van der Waals surface area contributed by atoms with Crippen LogP contribution in [0.25, 0.3) is 0 Å². The molecule has 1 aliphatic heterocycles. The number of hydrogen-bond acceptors (Lipinski definition) is 2. The number of ketones is 1. The second-order valence-electron chi connectivity index (χ2n) is 5.41. The van der Waals surface area contributed by atoms with Crippen LogP contribution in [0.4, 0.5) is 0 Å². The van der Waals surface area contributed by atoms with Gasteiger partial charge in [0.2, 0.25) is 0 Å². The molecule has 17 heavy (non-hydrogen) atoms. The molecule has 0 radical (unpaired) electrons. The van der Waals surface area contributed by atoms with Crippen LogP contribution < -0.4 is 0 Å². The molecule has 1 heterocycles. The Hall–Kier alpha value is -1.15. The SMILES string of the molecule is C[C@@H](c1ccccc1)N1C[C@@H]2CCC(=O)[C@@H]2C1. The molecule has 1 saturated heterocycles. The lowest BCUT2D eigenvalue weighted by Crippen LogP contribution is -2.26. The molecule has 2 heteroatoms. The molecule has 0 unspecified atom stereocenters. The minimum Gasteiger partial charge on any atom is -0.299 e. The highest BCUT2D eigenvalue weighted by Gasteiger charge is 2.42. The van der Waals surface area contributed by atoms with Crippen molar-refractivity contribution >= 4 is 5.78 Å². The van der Waals surface area contributed by atoms with Gasteiger partial charge >= 0.3 is 0 Å². The third-order valence-corrected chi connectivity index (χ3v) is 4.47. The Labute approximate surface area is 103 Å². The zero-order valence-corrected chi connectivity index (χ0v) is 10.3. The summed E-state index contributed by atoms with van der Waals surface area (Å²) in [6.07, 6.45) is 1.93. The molecule has 2 nitrogen and oxygen atoms in total. The highest BCUT2D eigenvalue weighted by Crippen LogP contribution is 2.38. The number of rotatable bonds is 2. The van der Waals surface area contributed by atoms with Crippen molar-refractivity contribution < 1.29 is 4.79 Å². The van der Waals surface area contributed by atoms with Crippen LogP contribution >= 0.6 is 0 Å². The predicted molar refractivity (Wildman–Crippen MR) is 67.7 cm³/mol. The highest BCUT2D eigenvalue weighted by atomic mass is 16.1. The molecule has 1 aromatic rings. The quantitative estimate of drug-likeness (QED) is 0.777. The maximum atomic E-state index is 11.7. The molecule has 0 spiro atoms. The molecule has 90 valence electrons. The fraction of sp³-hybridized carbons (Fsp3) is 0.533. The van der Waals surface area contributed by atoms with Gasteiger partial charge in [-0.1, -0.05) is 30.3 Å². The summed E-state index contributed by atoms with van der Waals surface area (Å²) in [6, 6.07) is 11.0. The standard InChI is InChI=1S/C15H19NO/c1-11(12-5-3-2-4-6-12)16-9-13-7-8-15(17)14(13)10-16/h2-6,11,13-14H,7-10H2,1H3/t11-,13-,14+/m0/s1. The fourth-order valence-electron chi connectivity index (χ4n) is 3.33. The molecule has 3 atom stereocenters. The van der Waals surface area contributed by atoms with E-state index in [1.165, 1.54) is 5.56 Å². The summed E-state index contributed by atoms with van der Waals surface area (Å²) in [6.45, 7) is 4.33. The average molecular weight is 229 g/mol. The van der Waals surface area contributed by atoms with Crippen molar-refractivity contribution in [3.05, 3.63) is 35.9 Å². The number of carbonyl (C=O) groups is 1. The zero-order valence-electron chi connectivity index (χ0n) is 10.3. The Kier molecular flexibility index (Phi) is 2.75. The van der Waals surface area contributed by atoms with E-state index in [9.17, 15) is 4.79 Å². The van der Waals surface area contributed by atoms with Crippen LogP contribution in [-0.2, 0) is 4.79 Å². The van der Waals surface area contributed by atoms with Gasteiger partial charge in [0, 0.05) is 31.5 Å². The molecular formula is C15H19NO. The van der Waals surface area contributed by atoms with E-state index in [0.717, 1.165) is 25.9 Å². The van der Waals surface area contributed by atoms with E-state index in [4.69, 9.17) is 0 Å². The maximum Gasteiger partial charge on any atom is 0.137 e. The Morgan fingerprint density at radius 3 is 2.71 bits per heavy atom. The second kappa shape index (κ2) is 4.26. The third kappa shape index (κ3) is 1.91. The van der Waals surface area contributed by atoms with Crippen LogP contribution in [0.2, 0.25) is 0 Å². The summed E-state index contributed by atoms with van der Waals surface area (Å²) in [5.74, 6) is 1.47. The van der Waals surface area contributed by atoms with Crippen LogP contribution in [0.5, 0.6) is 0 Å². The third-order valence-electron chi connectivity index (χ3n) is 4.47. The molecule has 0 bridgehead atoms. The predicted octanol–water partition coefficient (Wildman–Crippen LogP) is 2.66. The number of fused-ring (bicyclic) bond motifs is 1. The summed E-state index contributed by atoms with van der Waals surface area (Å²) in [5.41, 5.74) is 1.36. The molecule has 0 aromatic heterocycles. The number of carbonyl (C=O) groups excluding carboxylic acids is 1. The van der Waals surface area contributed by atoms with Gasteiger partial charge in [-0.15, -0.1) is 0 Å². The van der Waals surface area contributed by atoms with Crippen LogP contribution in [-0.4, -0.2) is 23.8 Å². The summed E-state index contributed by atoms with van der Waals surface area (Å²) < 4.78 is 0. The first-order chi connectivity index (χ1) is 8.25. The molecule has 0 N–H and O–H groups in total. The van der Waals surface area contributed by atoms with E-state index >= 15 is 0 Å². The lowest BCUT2D eigenvalue weighted by atomic mass is 10.0. The average Bonchev–Trinajstić information content (AvgIpc) is 2.92. The summed E-state index contributed by atoms with van der Waals surface area (Å²) in [7, 11) is 0. The number of Topliss-reactive ketones (excluding diaryl/α,β-unsaturated/α-hetero) is 1. The molecule has 1 aromatic carbocycles. The number of benzene rings is 1. The van der Waals surface area contributed by atoms with Crippen molar-refractivity contribution in [1.29, 1.82) is 0 Å². The van der Waals surface area contributed by atoms with Gasteiger partial charge in [-0.05, 0) is 24.8 Å². The Morgan fingerprint density at radius 2 is 2.00 bits per heavy atom. The van der Waals surface area contributed by atoms with Gasteiger partial charge in [0.15, 0.2) is 0 Å². The molecule has 3 rings (SSSR count). The first-order valence-electron chi connectivity index (χ1n) is 6.57. The van der Waals surface area contributed by atoms with Crippen molar-refractivity contribution in [2.24, 2.45) is 11.8 Å². The molecule has 1 aliphatic carbocycles. The van der Waals surface area contributed by atoms with Crippen LogP contribution in [0.3, 0.4) is 0 Å². The van der Waals surface area contributed by atoms with Gasteiger partial charge in [0.1, 0.15) is 5.78 Å². The van der Waals surface area contributed by atoms with E-state index in [0.29, 0.717) is 23.7 Å². The van der Waals surface area contributed by atoms with Crippen LogP contribution in [0, 0.1) is 11.8 Å². The van der Waals surface area contributed by atoms with Crippen molar-refractivity contribution in [3.63, 3.8) is 0 Å². The van der Waals surface area contributed by atoms with Gasteiger partial charge < -0.3 is 0 Å². The van der Waals surface area contributed by atoms with E-state index in [-0.39, 0.29) is 0 Å². The Bertz CT molecular complexity index is 414. The van der Waals surface area contributed by atoms with E-state index in [1.807, 2.05) is 0 Å². The van der Waals surface area contributed by atoms with Gasteiger partial charge in [-0.3, -0.25) is 9.69 Å². The van der Waals surface area contributed by atoms with Crippen molar-refractivity contribution in [1.82, 2.24) is 4.90 Å². The van der Waals surface area contributed by atoms with Crippen LogP contribution in [0.15, 0.2) is 30.3 Å². The monoisotopic (exact) mass is 229 g/mol. The minimum absolute atomic E-state index is 0.334. The molecule has 0 amide bonds. The van der Waals surface area contributed by atoms with E-state index in [2.05, 4.69) is 42.2 Å². The van der Waals surface area contributed by atoms with Gasteiger partial charge in [0.05, 0.1) is 0 Å². The van der Waals surface area contributed by atoms with E-state index < -0.39 is 0 Å². The topological polar surface area (TPSA) is 20.3 Å². The Morgan fingerprint density at radius 1 is 1.24 bits per heavy atom. The smallest absolute Gasteiger partial charge is 0.137 e. The first kappa shape index (κ1) is 11.0. The number of nitrogens with zero attached hydrogens (tertiary/aromatic N) is 1.